The number of methoxy groups -OCH3 is 1. The third-order valence-corrected chi connectivity index (χ3v) is 4.19. The van der Waals surface area contributed by atoms with E-state index in [2.05, 4.69) is 19.2 Å². The Labute approximate surface area is 102 Å². The van der Waals surface area contributed by atoms with Crippen molar-refractivity contribution in [3.05, 3.63) is 0 Å². The van der Waals surface area contributed by atoms with Crippen molar-refractivity contribution in [1.82, 2.24) is 5.32 Å². The van der Waals surface area contributed by atoms with Gasteiger partial charge in [-0.1, -0.05) is 13.8 Å². The van der Waals surface area contributed by atoms with Gasteiger partial charge in [-0.15, -0.1) is 0 Å². The molecule has 1 saturated heterocycles. The fourth-order valence-electron chi connectivity index (χ4n) is 3.27. The fourth-order valence-corrected chi connectivity index (χ4v) is 3.27. The maximum absolute atomic E-state index is 10.2. The van der Waals surface area contributed by atoms with E-state index in [1.165, 1.54) is 7.11 Å². The van der Waals surface area contributed by atoms with Crippen molar-refractivity contribution in [2.24, 2.45) is 11.8 Å². The summed E-state index contributed by atoms with van der Waals surface area (Å²) in [6.07, 6.45) is -1.60. The molecule has 0 aromatic rings. The first kappa shape index (κ1) is 13.2. The van der Waals surface area contributed by atoms with Gasteiger partial charge in [0.05, 0.1) is 12.2 Å². The first-order valence-electron chi connectivity index (χ1n) is 6.37. The van der Waals surface area contributed by atoms with Crippen LogP contribution in [0.4, 0.5) is 0 Å². The molecule has 1 saturated carbocycles. The Kier molecular flexibility index (Phi) is 4.05. The summed E-state index contributed by atoms with van der Waals surface area (Å²) in [6.45, 7) is 5.07. The summed E-state index contributed by atoms with van der Waals surface area (Å²) < 4.78 is 10.8. The van der Waals surface area contributed by atoms with Gasteiger partial charge in [0.2, 0.25) is 0 Å². The molecule has 0 aromatic carbocycles. The Morgan fingerprint density at radius 1 is 1.35 bits per heavy atom. The Morgan fingerprint density at radius 2 is 2.06 bits per heavy atom. The van der Waals surface area contributed by atoms with Crippen molar-refractivity contribution < 1.29 is 19.7 Å². The van der Waals surface area contributed by atoms with E-state index in [0.29, 0.717) is 12.0 Å². The summed E-state index contributed by atoms with van der Waals surface area (Å²) in [5.41, 5.74) is 0. The lowest BCUT2D eigenvalue weighted by molar-refractivity contribution is -0.275. The van der Waals surface area contributed by atoms with Gasteiger partial charge in [-0.3, -0.25) is 0 Å². The number of aliphatic hydroxyl groups excluding tert-OH is 2. The van der Waals surface area contributed by atoms with Crippen molar-refractivity contribution in [2.75, 3.05) is 13.7 Å². The lowest BCUT2D eigenvalue weighted by Crippen LogP contribution is -2.54. The second-order valence-electron chi connectivity index (χ2n) is 5.10. The van der Waals surface area contributed by atoms with E-state index in [-0.39, 0.29) is 12.0 Å². The number of aliphatic hydroxyl groups is 2. The highest BCUT2D eigenvalue weighted by molar-refractivity contribution is 5.01. The van der Waals surface area contributed by atoms with Crippen LogP contribution in [0.25, 0.3) is 0 Å². The molecule has 1 heterocycles. The van der Waals surface area contributed by atoms with Crippen LogP contribution in [-0.2, 0) is 9.47 Å². The third-order valence-electron chi connectivity index (χ3n) is 4.19. The van der Waals surface area contributed by atoms with Crippen LogP contribution in [0.1, 0.15) is 20.3 Å². The van der Waals surface area contributed by atoms with Crippen LogP contribution in [-0.4, -0.2) is 54.5 Å². The second-order valence-corrected chi connectivity index (χ2v) is 5.10. The van der Waals surface area contributed by atoms with Gasteiger partial charge < -0.3 is 25.0 Å². The number of hydrogen-bond acceptors (Lipinski definition) is 5. The predicted octanol–water partition coefficient (Wildman–Crippen LogP) is -0.286. The summed E-state index contributed by atoms with van der Waals surface area (Å²) in [6, 6.07) is 0.340. The van der Waals surface area contributed by atoms with Crippen LogP contribution in [0.5, 0.6) is 0 Å². The van der Waals surface area contributed by atoms with Gasteiger partial charge in [0.1, 0.15) is 6.10 Å². The number of nitrogens with one attached hydrogen (secondary N) is 1. The average molecular weight is 245 g/mol. The molecule has 0 amide bonds. The number of ether oxygens (including phenoxy) is 2. The van der Waals surface area contributed by atoms with Gasteiger partial charge in [0.15, 0.2) is 6.29 Å². The van der Waals surface area contributed by atoms with Crippen LogP contribution in [0.3, 0.4) is 0 Å². The van der Waals surface area contributed by atoms with Crippen molar-refractivity contribution in [2.45, 2.75) is 50.9 Å². The van der Waals surface area contributed by atoms with E-state index in [0.717, 1.165) is 13.0 Å². The molecule has 2 fully saturated rings. The van der Waals surface area contributed by atoms with E-state index in [1.54, 1.807) is 0 Å². The molecule has 0 radical (unpaired) electrons. The number of rotatable bonds is 3. The zero-order chi connectivity index (χ0) is 12.6. The molecular formula is C12H23NO4. The highest BCUT2D eigenvalue weighted by Crippen LogP contribution is 2.41. The van der Waals surface area contributed by atoms with Crippen LogP contribution in [0.2, 0.25) is 0 Å². The van der Waals surface area contributed by atoms with Gasteiger partial charge >= 0.3 is 0 Å². The van der Waals surface area contributed by atoms with Crippen molar-refractivity contribution in [3.63, 3.8) is 0 Å². The van der Waals surface area contributed by atoms with Crippen LogP contribution in [0, 0.1) is 11.8 Å². The smallest absolute Gasteiger partial charge is 0.185 e. The zero-order valence-electron chi connectivity index (χ0n) is 10.7. The molecule has 0 aromatic heterocycles. The van der Waals surface area contributed by atoms with Crippen LogP contribution < -0.4 is 5.32 Å². The largest absolute Gasteiger partial charge is 0.390 e. The third kappa shape index (κ3) is 2.22. The Balaban J connectivity index is 2.10. The Bertz CT molecular complexity index is 263. The number of hydrogen-bond donors (Lipinski definition) is 3. The highest BCUT2D eigenvalue weighted by atomic mass is 16.7. The van der Waals surface area contributed by atoms with Gasteiger partial charge in [-0.25, -0.2) is 0 Å². The zero-order valence-corrected chi connectivity index (χ0v) is 10.7. The monoisotopic (exact) mass is 245 g/mol. The van der Waals surface area contributed by atoms with Crippen molar-refractivity contribution >= 4 is 0 Å². The Hall–Kier alpha value is -0.200. The molecule has 3 N–H and O–H groups in total. The maximum Gasteiger partial charge on any atom is 0.185 e. The predicted molar refractivity (Wildman–Crippen MR) is 62.4 cm³/mol. The minimum absolute atomic E-state index is 0.0135. The van der Waals surface area contributed by atoms with E-state index in [9.17, 15) is 10.2 Å². The standard InChI is InChI=1S/C12H23NO4/c1-4-13-7-5-8-9(6(7)2)10(14)11(15)12(16-3)17-8/h6-15H,4-5H2,1-3H3. The topological polar surface area (TPSA) is 71.0 Å². The van der Waals surface area contributed by atoms with Crippen LogP contribution in [0.15, 0.2) is 0 Å². The fraction of sp³-hybridized carbons (Fsp3) is 1.00. The molecule has 1 aliphatic carbocycles. The minimum Gasteiger partial charge on any atom is -0.390 e. The minimum atomic E-state index is -0.955. The van der Waals surface area contributed by atoms with Crippen molar-refractivity contribution in [1.29, 1.82) is 0 Å². The van der Waals surface area contributed by atoms with E-state index < -0.39 is 18.5 Å². The lowest BCUT2D eigenvalue weighted by atomic mass is 9.84. The average Bonchev–Trinajstić information content (AvgIpc) is 2.62. The van der Waals surface area contributed by atoms with E-state index in [1.807, 2.05) is 0 Å². The van der Waals surface area contributed by atoms with Crippen LogP contribution >= 0.6 is 0 Å². The molecule has 2 aliphatic rings. The lowest BCUT2D eigenvalue weighted by Gasteiger charge is -2.40. The summed E-state index contributed by atoms with van der Waals surface area (Å²) in [5.74, 6) is 0.280. The molecule has 17 heavy (non-hydrogen) atoms. The maximum atomic E-state index is 10.2. The van der Waals surface area contributed by atoms with Crippen molar-refractivity contribution in [3.8, 4) is 0 Å². The SMILES string of the molecule is CCNC1CC2OC(OC)C(O)C(O)C2C1C. The van der Waals surface area contributed by atoms with Gasteiger partial charge in [-0.05, 0) is 18.9 Å². The summed E-state index contributed by atoms with van der Waals surface area (Å²) in [5, 5.41) is 23.5. The molecule has 7 atom stereocenters. The summed E-state index contributed by atoms with van der Waals surface area (Å²) in [7, 11) is 1.49. The van der Waals surface area contributed by atoms with E-state index >= 15 is 0 Å². The molecule has 1 aliphatic heterocycles. The summed E-state index contributed by atoms with van der Waals surface area (Å²) in [4.78, 5) is 0. The first-order chi connectivity index (χ1) is 8.10. The van der Waals surface area contributed by atoms with Gasteiger partial charge in [-0.2, -0.15) is 0 Å². The molecular weight excluding hydrogens is 222 g/mol. The molecule has 2 rings (SSSR count). The Morgan fingerprint density at radius 3 is 2.65 bits per heavy atom. The molecule has 7 unspecified atom stereocenters. The quantitative estimate of drug-likeness (QED) is 0.637. The van der Waals surface area contributed by atoms with E-state index in [4.69, 9.17) is 9.47 Å². The highest BCUT2D eigenvalue weighted by Gasteiger charge is 2.52. The number of fused-ring (bicyclic) bond motifs is 1. The molecule has 0 bridgehead atoms. The van der Waals surface area contributed by atoms with Gasteiger partial charge in [0, 0.05) is 19.1 Å². The molecule has 5 nitrogen and oxygen atoms in total. The molecule has 100 valence electrons. The summed E-state index contributed by atoms with van der Waals surface area (Å²) >= 11 is 0. The second kappa shape index (κ2) is 5.20. The normalized spacial score (nSPS) is 50.3. The molecule has 0 spiro atoms. The molecule has 5 heteroatoms. The van der Waals surface area contributed by atoms with Gasteiger partial charge in [0.25, 0.3) is 0 Å². The first-order valence-corrected chi connectivity index (χ1v) is 6.37.